The van der Waals surface area contributed by atoms with E-state index < -0.39 is 79.0 Å². The van der Waals surface area contributed by atoms with Crippen molar-refractivity contribution in [2.45, 2.75) is 178 Å². The van der Waals surface area contributed by atoms with Gasteiger partial charge in [-0.05, 0) is 0 Å². The van der Waals surface area contributed by atoms with Crippen molar-refractivity contribution in [3.8, 4) is 0 Å². The second-order valence-corrected chi connectivity index (χ2v) is 29.9. The molecule has 2 aliphatic rings. The van der Waals surface area contributed by atoms with Crippen molar-refractivity contribution >= 4 is 39.2 Å². The number of anilines is 2. The summed E-state index contributed by atoms with van der Waals surface area (Å²) in [6, 6.07) is 17.5. The molecule has 2 aliphatic carbocycles. The van der Waals surface area contributed by atoms with Crippen LogP contribution < -0.4 is 16.3 Å². The van der Waals surface area contributed by atoms with Crippen LogP contribution in [-0.2, 0) is 36.6 Å². The molecule has 2 unspecified atom stereocenters. The number of halogens is 4. The van der Waals surface area contributed by atoms with E-state index in [4.69, 9.17) is 0 Å². The van der Waals surface area contributed by atoms with E-state index in [0.29, 0.717) is 7.76 Å². The van der Waals surface area contributed by atoms with E-state index in [-0.39, 0.29) is 34.5 Å². The average molecular weight is 1080 g/mol. The second-order valence-electron chi connectivity index (χ2n) is 20.1. The minimum absolute atomic E-state index is 0.0848. The second kappa shape index (κ2) is 27.0. The molecule has 0 aliphatic heterocycles. The third kappa shape index (κ3) is 13.1. The van der Waals surface area contributed by atoms with Gasteiger partial charge in [0.05, 0.1) is 0 Å². The first-order valence-electron chi connectivity index (χ1n) is 27.0. The molecular formula is C60H78F4N2O4S2Ti. The van der Waals surface area contributed by atoms with Crippen molar-refractivity contribution in [3.05, 3.63) is 151 Å². The van der Waals surface area contributed by atoms with Gasteiger partial charge >= 0.3 is 350 Å². The van der Waals surface area contributed by atoms with Crippen LogP contribution in [-0.4, -0.2) is 30.9 Å². The molecule has 6 rings (SSSR count). The van der Waals surface area contributed by atoms with Crippen LogP contribution in [0.5, 0.6) is 0 Å². The van der Waals surface area contributed by atoms with E-state index in [0.717, 1.165) is 160 Å². The van der Waals surface area contributed by atoms with Gasteiger partial charge in [0.25, 0.3) is 0 Å². The van der Waals surface area contributed by atoms with E-state index in [9.17, 15) is 16.8 Å². The third-order valence-electron chi connectivity index (χ3n) is 15.2. The van der Waals surface area contributed by atoms with Crippen LogP contribution in [0.4, 0.5) is 28.9 Å². The summed E-state index contributed by atoms with van der Waals surface area (Å²) in [4.78, 5) is -0.170. The van der Waals surface area contributed by atoms with Crippen molar-refractivity contribution in [2.24, 2.45) is 0 Å². The normalized spacial score (nSPS) is 14.7. The molecule has 0 N–H and O–H groups in total. The zero-order chi connectivity index (χ0) is 52.8. The fourth-order valence-electron chi connectivity index (χ4n) is 11.0. The number of benzene rings is 4. The molecule has 13 heteroatoms. The molecule has 4 aromatic rings. The summed E-state index contributed by atoms with van der Waals surface area (Å²) < 4.78 is 130. The summed E-state index contributed by atoms with van der Waals surface area (Å²) in [5, 5.41) is 0. The number of unbranched alkanes of at least 4 members (excludes halogenated alkanes) is 10. The molecule has 0 saturated heterocycles. The SMILES string of the molecule is CCCCCCC(CCCCC)c1ccc(S(=O)(=O)N(C)c2ccc(F)[c]([Ti]([C]3=CC=CC3)([C]3=CC=CC3)[c]3c(F)ccc(N(C)S(=O)(=O)c4ccc(C(CCCCC)CCCCCC)cc4)c3F)c2F)cc1. The molecule has 0 radical (unpaired) electrons. The van der Waals surface area contributed by atoms with E-state index >= 15 is 17.6 Å². The predicted molar refractivity (Wildman–Crippen MR) is 291 cm³/mol. The quantitative estimate of drug-likeness (QED) is 0.0296. The molecule has 0 amide bonds. The molecule has 0 saturated carbocycles. The Balaban J connectivity index is 1.42. The van der Waals surface area contributed by atoms with Crippen LogP contribution in [0.15, 0.2) is 127 Å². The van der Waals surface area contributed by atoms with E-state index in [1.54, 1.807) is 36.5 Å². The fourth-order valence-corrected chi connectivity index (χ4v) is 21.6. The van der Waals surface area contributed by atoms with Gasteiger partial charge in [-0.2, -0.15) is 0 Å². The maximum atomic E-state index is 18.1. The number of hydrogen-bond acceptors (Lipinski definition) is 4. The van der Waals surface area contributed by atoms with Crippen LogP contribution in [0.1, 0.15) is 179 Å². The molecule has 2 atom stereocenters. The van der Waals surface area contributed by atoms with Gasteiger partial charge in [0, 0.05) is 0 Å². The van der Waals surface area contributed by atoms with Gasteiger partial charge in [-0.3, -0.25) is 0 Å². The van der Waals surface area contributed by atoms with Crippen molar-refractivity contribution in [1.82, 2.24) is 0 Å². The van der Waals surface area contributed by atoms with Crippen LogP contribution in [0.25, 0.3) is 0 Å². The van der Waals surface area contributed by atoms with E-state index in [2.05, 4.69) is 27.7 Å². The van der Waals surface area contributed by atoms with Crippen molar-refractivity contribution < 1.29 is 51.0 Å². The topological polar surface area (TPSA) is 74.8 Å². The number of sulfonamides is 2. The fraction of sp³-hybridized carbons (Fsp3) is 0.467. The van der Waals surface area contributed by atoms with Gasteiger partial charge in [0.15, 0.2) is 0 Å². The Labute approximate surface area is 439 Å². The molecule has 0 spiro atoms. The minimum atomic E-state index is -5.57. The Bertz CT molecular complexity index is 2640. The first kappa shape index (κ1) is 58.0. The van der Waals surface area contributed by atoms with Gasteiger partial charge in [0.1, 0.15) is 0 Å². The molecule has 4 aromatic carbocycles. The summed E-state index contributed by atoms with van der Waals surface area (Å²) in [5.41, 5.74) is 1.10. The first-order valence-corrected chi connectivity index (χ1v) is 33.0. The van der Waals surface area contributed by atoms with Crippen LogP contribution in [0.3, 0.4) is 0 Å². The Morgan fingerprint density at radius 2 is 0.795 bits per heavy atom. The summed E-state index contributed by atoms with van der Waals surface area (Å²) >= 11 is -5.57. The molecule has 73 heavy (non-hydrogen) atoms. The molecule has 0 fully saturated rings. The molecule has 0 bridgehead atoms. The summed E-state index contributed by atoms with van der Waals surface area (Å²) in [5.74, 6) is -4.16. The zero-order valence-electron chi connectivity index (χ0n) is 44.0. The Kier molecular flexibility index (Phi) is 21.5. The summed E-state index contributed by atoms with van der Waals surface area (Å²) in [6.07, 6.45) is 29.8. The number of rotatable bonds is 30. The molecular weight excluding hydrogens is 1000 g/mol. The standard InChI is InChI=1S/2C25H34F2NO2S.2C5H5.Ti/c2*1-4-6-8-10-12-20(11-9-7-5-2)21-13-16-23(17-14-21)31(29,30)28(3)25-18-15-22(26)19-24(25)27;2*1-2-4-5-3-1;/h2*13-18,20H,4-12H2,1-3H3;2*1-3H,4H2;. The summed E-state index contributed by atoms with van der Waals surface area (Å²) in [7, 11) is -6.53. The Morgan fingerprint density at radius 1 is 0.466 bits per heavy atom. The van der Waals surface area contributed by atoms with Gasteiger partial charge in [0.2, 0.25) is 0 Å². The number of allylic oxidation sites excluding steroid dienone is 8. The van der Waals surface area contributed by atoms with Gasteiger partial charge in [-0.1, -0.05) is 91.9 Å². The van der Waals surface area contributed by atoms with Crippen molar-refractivity contribution in [1.29, 1.82) is 0 Å². The van der Waals surface area contributed by atoms with Gasteiger partial charge in [-0.15, -0.1) is 0 Å². The number of hydrogen-bond donors (Lipinski definition) is 0. The maximum absolute atomic E-state index is 18.1. The molecule has 396 valence electrons. The van der Waals surface area contributed by atoms with Gasteiger partial charge < -0.3 is 0 Å². The average Bonchev–Trinajstić information content (AvgIpc) is 4.14. The molecule has 0 aromatic heterocycles. The third-order valence-corrected chi connectivity index (χ3v) is 26.7. The van der Waals surface area contributed by atoms with Crippen LogP contribution in [0.2, 0.25) is 0 Å². The van der Waals surface area contributed by atoms with Crippen molar-refractivity contribution in [3.63, 3.8) is 0 Å². The number of nitrogens with zero attached hydrogens (tertiary/aromatic N) is 2. The molecule has 0 heterocycles. The Hall–Kier alpha value is -4.23. The first-order chi connectivity index (χ1) is 35.1. The van der Waals surface area contributed by atoms with Crippen LogP contribution >= 0.6 is 0 Å². The zero-order valence-corrected chi connectivity index (χ0v) is 47.2. The van der Waals surface area contributed by atoms with Gasteiger partial charge in [-0.25, -0.2) is 0 Å². The predicted octanol–water partition coefficient (Wildman–Crippen LogP) is 16.0. The van der Waals surface area contributed by atoms with Crippen LogP contribution in [0, 0.1) is 23.3 Å². The summed E-state index contributed by atoms with van der Waals surface area (Å²) in [6.45, 7) is 8.68. The Morgan fingerprint density at radius 3 is 1.11 bits per heavy atom. The van der Waals surface area contributed by atoms with E-state index in [1.807, 2.05) is 24.3 Å². The monoisotopic (exact) mass is 1080 g/mol. The van der Waals surface area contributed by atoms with Crippen molar-refractivity contribution in [2.75, 3.05) is 22.7 Å². The van der Waals surface area contributed by atoms with E-state index in [1.165, 1.54) is 38.4 Å². The molecule has 6 nitrogen and oxygen atoms in total.